The molecule has 78 valence electrons. The Kier molecular flexibility index (Phi) is 3.52. The van der Waals surface area contributed by atoms with Crippen LogP contribution in [0.5, 0.6) is 0 Å². The lowest BCUT2D eigenvalue weighted by molar-refractivity contribution is -0.593. The summed E-state index contributed by atoms with van der Waals surface area (Å²) in [5, 5.41) is 11.4. The second-order valence-electron chi connectivity index (χ2n) is 3.00. The number of nitrogen functional groups attached to an aromatic ring is 1. The Morgan fingerprint density at radius 1 is 1.00 bits per heavy atom. The van der Waals surface area contributed by atoms with E-state index in [0.717, 1.165) is 10.3 Å². The van der Waals surface area contributed by atoms with Crippen LogP contribution in [0.1, 0.15) is 0 Å². The molecular formula is C11H11ClN2O. The van der Waals surface area contributed by atoms with E-state index in [4.69, 9.17) is 5.73 Å². The van der Waals surface area contributed by atoms with Gasteiger partial charge in [-0.2, -0.15) is 4.73 Å². The maximum absolute atomic E-state index is 11.4. The number of nitrogens with zero attached hydrogens (tertiary/aromatic N) is 1. The molecule has 2 N–H and O–H groups in total. The summed E-state index contributed by atoms with van der Waals surface area (Å²) in [5.74, 6) is 0. The molecule has 0 fully saturated rings. The third kappa shape index (κ3) is 2.19. The highest BCUT2D eigenvalue weighted by atomic mass is 35.5. The maximum Gasteiger partial charge on any atom is 0.225 e. The van der Waals surface area contributed by atoms with Gasteiger partial charge in [0.15, 0.2) is 6.20 Å². The molecule has 0 atom stereocenters. The average Bonchev–Trinajstić information content (AvgIpc) is 2.20. The van der Waals surface area contributed by atoms with Crippen molar-refractivity contribution in [2.24, 2.45) is 0 Å². The molecule has 0 saturated heterocycles. The molecule has 0 radical (unpaired) electrons. The predicted octanol–water partition coefficient (Wildman–Crippen LogP) is 1.99. The molecule has 1 aromatic carbocycles. The van der Waals surface area contributed by atoms with Crippen LogP contribution in [-0.2, 0) is 0 Å². The number of para-hydroxylation sites is 1. The normalized spacial score (nSPS) is 9.33. The second kappa shape index (κ2) is 4.66. The summed E-state index contributed by atoms with van der Waals surface area (Å²) in [6.45, 7) is 0. The lowest BCUT2D eigenvalue weighted by Crippen LogP contribution is -2.28. The van der Waals surface area contributed by atoms with Gasteiger partial charge in [-0.25, -0.2) is 0 Å². The molecule has 2 rings (SSSR count). The molecule has 0 aliphatic carbocycles. The number of nitrogens with two attached hydrogens (primary N) is 1. The van der Waals surface area contributed by atoms with Crippen LogP contribution >= 0.6 is 12.4 Å². The van der Waals surface area contributed by atoms with E-state index in [2.05, 4.69) is 0 Å². The van der Waals surface area contributed by atoms with Crippen LogP contribution in [0, 0.1) is 5.21 Å². The van der Waals surface area contributed by atoms with Crippen LogP contribution in [-0.4, -0.2) is 0 Å². The van der Waals surface area contributed by atoms with Crippen LogP contribution in [0.2, 0.25) is 0 Å². The third-order valence-electron chi connectivity index (χ3n) is 2.06. The number of aromatic nitrogens is 1. The van der Waals surface area contributed by atoms with Crippen molar-refractivity contribution in [3.63, 3.8) is 0 Å². The Balaban J connectivity index is 0.00000112. The minimum absolute atomic E-state index is 0. The van der Waals surface area contributed by atoms with Crippen LogP contribution in [0.25, 0.3) is 11.3 Å². The first-order chi connectivity index (χ1) is 6.79. The monoisotopic (exact) mass is 222 g/mol. The van der Waals surface area contributed by atoms with Crippen LogP contribution < -0.4 is 10.5 Å². The number of anilines is 1. The van der Waals surface area contributed by atoms with Crippen LogP contribution in [0.4, 0.5) is 5.69 Å². The van der Waals surface area contributed by atoms with Gasteiger partial charge in [-0.15, -0.1) is 12.4 Å². The standard InChI is InChI=1S/C11H10N2O.ClH/c12-10-6-2-1-5-9(10)11-7-3-4-8-13(11)14;/h1-8H,12H2;1H. The maximum atomic E-state index is 11.4. The molecule has 0 unspecified atom stereocenters. The first-order valence-electron chi connectivity index (χ1n) is 4.32. The van der Waals surface area contributed by atoms with Crippen molar-refractivity contribution in [1.29, 1.82) is 0 Å². The lowest BCUT2D eigenvalue weighted by Gasteiger charge is -2.05. The topological polar surface area (TPSA) is 53.0 Å². The molecule has 1 heterocycles. The number of rotatable bonds is 1. The first kappa shape index (κ1) is 11.3. The Morgan fingerprint density at radius 2 is 1.67 bits per heavy atom. The summed E-state index contributed by atoms with van der Waals surface area (Å²) >= 11 is 0. The summed E-state index contributed by atoms with van der Waals surface area (Å²) in [7, 11) is 0. The molecule has 0 aliphatic rings. The highest BCUT2D eigenvalue weighted by Gasteiger charge is 2.09. The third-order valence-corrected chi connectivity index (χ3v) is 2.06. The molecule has 0 saturated carbocycles. The molecule has 4 heteroatoms. The van der Waals surface area contributed by atoms with Gasteiger partial charge in [-0.3, -0.25) is 0 Å². The van der Waals surface area contributed by atoms with E-state index in [1.165, 1.54) is 6.20 Å². The van der Waals surface area contributed by atoms with Gasteiger partial charge < -0.3 is 10.9 Å². The molecule has 2 aromatic rings. The predicted molar refractivity (Wildman–Crippen MR) is 62.5 cm³/mol. The van der Waals surface area contributed by atoms with Crippen molar-refractivity contribution in [3.8, 4) is 11.3 Å². The average molecular weight is 223 g/mol. The van der Waals surface area contributed by atoms with E-state index in [1.54, 1.807) is 18.2 Å². The highest BCUT2D eigenvalue weighted by molar-refractivity contribution is 5.85. The smallest absolute Gasteiger partial charge is 0.225 e. The van der Waals surface area contributed by atoms with Gasteiger partial charge in [0, 0.05) is 17.8 Å². The van der Waals surface area contributed by atoms with E-state index in [1.807, 2.05) is 24.3 Å². The molecular weight excluding hydrogens is 212 g/mol. The van der Waals surface area contributed by atoms with Crippen LogP contribution in [0.15, 0.2) is 48.7 Å². The summed E-state index contributed by atoms with van der Waals surface area (Å²) in [6, 6.07) is 12.6. The van der Waals surface area contributed by atoms with Crippen molar-refractivity contribution in [1.82, 2.24) is 0 Å². The molecule has 1 aromatic heterocycles. The number of hydrogen-bond acceptors (Lipinski definition) is 2. The zero-order valence-electron chi connectivity index (χ0n) is 7.96. The number of halogens is 1. The van der Waals surface area contributed by atoms with E-state index < -0.39 is 0 Å². The van der Waals surface area contributed by atoms with Gasteiger partial charge in [0.2, 0.25) is 5.69 Å². The Labute approximate surface area is 94.2 Å². The van der Waals surface area contributed by atoms with Gasteiger partial charge >= 0.3 is 0 Å². The summed E-state index contributed by atoms with van der Waals surface area (Å²) in [4.78, 5) is 0. The zero-order chi connectivity index (χ0) is 9.97. The van der Waals surface area contributed by atoms with Gasteiger partial charge in [-0.05, 0) is 18.2 Å². The molecule has 3 nitrogen and oxygen atoms in total. The largest absolute Gasteiger partial charge is 0.618 e. The van der Waals surface area contributed by atoms with Crippen molar-refractivity contribution < 1.29 is 4.73 Å². The van der Waals surface area contributed by atoms with Crippen molar-refractivity contribution in [2.75, 3.05) is 5.73 Å². The molecule has 0 spiro atoms. The minimum Gasteiger partial charge on any atom is -0.618 e. The molecule has 0 aliphatic heterocycles. The second-order valence-corrected chi connectivity index (χ2v) is 3.00. The summed E-state index contributed by atoms with van der Waals surface area (Å²) in [5.41, 5.74) is 7.72. The Morgan fingerprint density at radius 3 is 2.33 bits per heavy atom. The van der Waals surface area contributed by atoms with E-state index in [9.17, 15) is 5.21 Å². The summed E-state index contributed by atoms with van der Waals surface area (Å²) in [6.07, 6.45) is 1.46. The molecule has 15 heavy (non-hydrogen) atoms. The van der Waals surface area contributed by atoms with Crippen molar-refractivity contribution in [3.05, 3.63) is 53.9 Å². The number of pyridine rings is 1. The summed E-state index contributed by atoms with van der Waals surface area (Å²) < 4.78 is 0.811. The molecule has 0 amide bonds. The molecule has 0 bridgehead atoms. The van der Waals surface area contributed by atoms with E-state index in [0.29, 0.717) is 11.4 Å². The van der Waals surface area contributed by atoms with Crippen LogP contribution in [0.3, 0.4) is 0 Å². The fourth-order valence-electron chi connectivity index (χ4n) is 1.37. The van der Waals surface area contributed by atoms with E-state index >= 15 is 0 Å². The van der Waals surface area contributed by atoms with Gasteiger partial charge in [0.05, 0.1) is 5.56 Å². The zero-order valence-corrected chi connectivity index (χ0v) is 8.78. The Hall–Kier alpha value is -1.74. The lowest BCUT2D eigenvalue weighted by atomic mass is 10.1. The van der Waals surface area contributed by atoms with E-state index in [-0.39, 0.29) is 12.4 Å². The SMILES string of the molecule is Cl.Nc1ccccc1-c1cccc[n+]1[O-]. The minimum atomic E-state index is 0. The first-order valence-corrected chi connectivity index (χ1v) is 4.32. The number of hydrogen-bond donors (Lipinski definition) is 1. The Bertz CT molecular complexity index is 416. The van der Waals surface area contributed by atoms with Gasteiger partial charge in [0.25, 0.3) is 0 Å². The fourth-order valence-corrected chi connectivity index (χ4v) is 1.37. The van der Waals surface area contributed by atoms with Crippen molar-refractivity contribution >= 4 is 18.1 Å². The fraction of sp³-hybridized carbons (Fsp3) is 0. The quantitative estimate of drug-likeness (QED) is 0.456. The van der Waals surface area contributed by atoms with Gasteiger partial charge in [-0.1, -0.05) is 12.1 Å². The highest BCUT2D eigenvalue weighted by Crippen LogP contribution is 2.21. The number of benzene rings is 1. The van der Waals surface area contributed by atoms with Crippen molar-refractivity contribution in [2.45, 2.75) is 0 Å². The van der Waals surface area contributed by atoms with Gasteiger partial charge in [0.1, 0.15) is 0 Å².